The summed E-state index contributed by atoms with van der Waals surface area (Å²) in [4.78, 5) is 36.1. The molecule has 1 aromatic carbocycles. The molecule has 0 bridgehead atoms. The SMILES string of the molecule is Cc1cccnc1C(=O)N1CCC2C(=O)N(Cc3ccc(F)cc3)CCN2CC1. The van der Waals surface area contributed by atoms with Gasteiger partial charge < -0.3 is 9.80 Å². The molecule has 0 N–H and O–H groups in total. The number of amides is 2. The molecular formula is C22H25FN4O2. The van der Waals surface area contributed by atoms with Gasteiger partial charge in [-0.15, -0.1) is 0 Å². The number of carbonyl (C=O) groups is 2. The maximum atomic E-state index is 13.1. The first kappa shape index (κ1) is 19.5. The van der Waals surface area contributed by atoms with E-state index in [0.717, 1.165) is 17.7 Å². The second kappa shape index (κ2) is 8.29. The summed E-state index contributed by atoms with van der Waals surface area (Å²) >= 11 is 0. The Bertz CT molecular complexity index is 902. The Morgan fingerprint density at radius 1 is 1.10 bits per heavy atom. The van der Waals surface area contributed by atoms with Gasteiger partial charge >= 0.3 is 0 Å². The van der Waals surface area contributed by atoms with Gasteiger partial charge in [-0.05, 0) is 42.7 Å². The van der Waals surface area contributed by atoms with Crippen molar-refractivity contribution in [3.63, 3.8) is 0 Å². The molecule has 2 fully saturated rings. The zero-order chi connectivity index (χ0) is 20.4. The second-order valence-corrected chi connectivity index (χ2v) is 7.69. The van der Waals surface area contributed by atoms with Gasteiger partial charge in [-0.2, -0.15) is 0 Å². The van der Waals surface area contributed by atoms with Gasteiger partial charge in [0, 0.05) is 45.5 Å². The van der Waals surface area contributed by atoms with Crippen LogP contribution in [0.1, 0.15) is 28.0 Å². The van der Waals surface area contributed by atoms with Gasteiger partial charge in [-0.1, -0.05) is 18.2 Å². The van der Waals surface area contributed by atoms with Gasteiger partial charge in [0.2, 0.25) is 5.91 Å². The molecule has 2 amide bonds. The van der Waals surface area contributed by atoms with E-state index in [4.69, 9.17) is 0 Å². The van der Waals surface area contributed by atoms with Crippen LogP contribution in [0, 0.1) is 12.7 Å². The number of aryl methyl sites for hydroxylation is 1. The lowest BCUT2D eigenvalue weighted by atomic mass is 10.1. The summed E-state index contributed by atoms with van der Waals surface area (Å²) in [6.07, 6.45) is 2.24. The summed E-state index contributed by atoms with van der Waals surface area (Å²) in [5, 5.41) is 0. The van der Waals surface area contributed by atoms with E-state index in [9.17, 15) is 14.0 Å². The number of pyridine rings is 1. The van der Waals surface area contributed by atoms with E-state index in [2.05, 4.69) is 9.88 Å². The third-order valence-electron chi connectivity index (χ3n) is 5.81. The van der Waals surface area contributed by atoms with E-state index in [1.807, 2.05) is 28.9 Å². The van der Waals surface area contributed by atoms with E-state index < -0.39 is 0 Å². The average molecular weight is 396 g/mol. The van der Waals surface area contributed by atoms with Crippen LogP contribution in [0.3, 0.4) is 0 Å². The van der Waals surface area contributed by atoms with Gasteiger partial charge in [0.15, 0.2) is 0 Å². The molecule has 4 rings (SSSR count). The molecule has 0 radical (unpaired) electrons. The Hall–Kier alpha value is -2.80. The molecular weight excluding hydrogens is 371 g/mol. The molecule has 152 valence electrons. The van der Waals surface area contributed by atoms with Gasteiger partial charge in [-0.25, -0.2) is 4.39 Å². The number of hydrogen-bond acceptors (Lipinski definition) is 4. The van der Waals surface area contributed by atoms with Crippen molar-refractivity contribution in [1.82, 2.24) is 19.7 Å². The zero-order valence-corrected chi connectivity index (χ0v) is 16.6. The number of nitrogens with zero attached hydrogens (tertiary/aromatic N) is 4. The molecule has 0 saturated carbocycles. The van der Waals surface area contributed by atoms with Crippen LogP contribution < -0.4 is 0 Å². The zero-order valence-electron chi connectivity index (χ0n) is 16.6. The third kappa shape index (κ3) is 4.15. The van der Waals surface area contributed by atoms with Crippen LogP contribution in [-0.4, -0.2) is 70.3 Å². The van der Waals surface area contributed by atoms with E-state index in [1.54, 1.807) is 18.3 Å². The van der Waals surface area contributed by atoms with Crippen molar-refractivity contribution in [1.29, 1.82) is 0 Å². The molecule has 2 aliphatic rings. The maximum absolute atomic E-state index is 13.1. The van der Waals surface area contributed by atoms with Crippen LogP contribution in [-0.2, 0) is 11.3 Å². The van der Waals surface area contributed by atoms with Crippen LogP contribution in [0.2, 0.25) is 0 Å². The van der Waals surface area contributed by atoms with E-state index in [0.29, 0.717) is 44.8 Å². The van der Waals surface area contributed by atoms with Gasteiger partial charge in [0.25, 0.3) is 5.91 Å². The number of carbonyl (C=O) groups excluding carboxylic acids is 2. The Morgan fingerprint density at radius 2 is 1.86 bits per heavy atom. The molecule has 1 aromatic heterocycles. The number of piperazine rings is 1. The van der Waals surface area contributed by atoms with Gasteiger partial charge in [0.1, 0.15) is 11.5 Å². The van der Waals surface area contributed by atoms with Crippen LogP contribution in [0.15, 0.2) is 42.6 Å². The fourth-order valence-electron chi connectivity index (χ4n) is 4.12. The van der Waals surface area contributed by atoms with Gasteiger partial charge in [0.05, 0.1) is 6.04 Å². The second-order valence-electron chi connectivity index (χ2n) is 7.69. The van der Waals surface area contributed by atoms with E-state index in [-0.39, 0.29) is 23.7 Å². The Labute approximate surface area is 169 Å². The van der Waals surface area contributed by atoms with Crippen molar-refractivity contribution in [3.8, 4) is 0 Å². The van der Waals surface area contributed by atoms with Crippen LogP contribution in [0.25, 0.3) is 0 Å². The molecule has 1 unspecified atom stereocenters. The maximum Gasteiger partial charge on any atom is 0.272 e. The number of aromatic nitrogens is 1. The third-order valence-corrected chi connectivity index (χ3v) is 5.81. The summed E-state index contributed by atoms with van der Waals surface area (Å²) in [6.45, 7) is 5.60. The first-order chi connectivity index (χ1) is 14.0. The summed E-state index contributed by atoms with van der Waals surface area (Å²) in [7, 11) is 0. The highest BCUT2D eigenvalue weighted by Crippen LogP contribution is 2.21. The summed E-state index contributed by atoms with van der Waals surface area (Å²) in [5.74, 6) is -0.260. The smallest absolute Gasteiger partial charge is 0.272 e. The van der Waals surface area contributed by atoms with Crippen molar-refractivity contribution < 1.29 is 14.0 Å². The van der Waals surface area contributed by atoms with Gasteiger partial charge in [-0.3, -0.25) is 19.5 Å². The number of halogens is 1. The Balaban J connectivity index is 1.43. The lowest BCUT2D eigenvalue weighted by Crippen LogP contribution is -2.56. The Kier molecular flexibility index (Phi) is 5.58. The molecule has 0 aliphatic carbocycles. The lowest BCUT2D eigenvalue weighted by Gasteiger charge is -2.39. The fraction of sp³-hybridized carbons (Fsp3) is 0.409. The minimum absolute atomic E-state index is 0.0708. The van der Waals surface area contributed by atoms with Crippen molar-refractivity contribution >= 4 is 11.8 Å². The largest absolute Gasteiger partial charge is 0.336 e. The molecule has 2 aliphatic heterocycles. The van der Waals surface area contributed by atoms with Crippen molar-refractivity contribution in [2.75, 3.05) is 32.7 Å². The molecule has 3 heterocycles. The molecule has 7 heteroatoms. The highest BCUT2D eigenvalue weighted by molar-refractivity contribution is 5.93. The van der Waals surface area contributed by atoms with E-state index in [1.165, 1.54) is 12.1 Å². The van der Waals surface area contributed by atoms with Crippen LogP contribution in [0.5, 0.6) is 0 Å². The standard InChI is InChI=1S/C22H25FN4O2/c1-16-3-2-9-24-20(16)22(29)26-10-8-19-21(28)27(14-12-25(19)11-13-26)15-17-4-6-18(23)7-5-17/h2-7,9,19H,8,10-15H2,1H3. The van der Waals surface area contributed by atoms with Crippen LogP contribution in [0.4, 0.5) is 4.39 Å². The molecule has 1 atom stereocenters. The number of hydrogen-bond donors (Lipinski definition) is 0. The summed E-state index contributed by atoms with van der Waals surface area (Å²) in [5.41, 5.74) is 2.27. The molecule has 2 aromatic rings. The minimum atomic E-state index is -0.276. The van der Waals surface area contributed by atoms with Crippen molar-refractivity contribution in [2.45, 2.75) is 25.9 Å². The lowest BCUT2D eigenvalue weighted by molar-refractivity contribution is -0.142. The minimum Gasteiger partial charge on any atom is -0.336 e. The predicted octanol–water partition coefficient (Wildman–Crippen LogP) is 2.09. The average Bonchev–Trinajstić information content (AvgIpc) is 2.95. The molecule has 2 saturated heterocycles. The predicted molar refractivity (Wildman–Crippen MR) is 107 cm³/mol. The molecule has 0 spiro atoms. The van der Waals surface area contributed by atoms with Crippen LogP contribution >= 0.6 is 0 Å². The quantitative estimate of drug-likeness (QED) is 0.797. The summed E-state index contributed by atoms with van der Waals surface area (Å²) in [6, 6.07) is 9.78. The Morgan fingerprint density at radius 3 is 2.62 bits per heavy atom. The monoisotopic (exact) mass is 396 g/mol. The number of benzene rings is 1. The highest BCUT2D eigenvalue weighted by atomic mass is 19.1. The molecule has 29 heavy (non-hydrogen) atoms. The topological polar surface area (TPSA) is 56.8 Å². The first-order valence-electron chi connectivity index (χ1n) is 10.0. The highest BCUT2D eigenvalue weighted by Gasteiger charge is 2.37. The molecule has 6 nitrogen and oxygen atoms in total. The number of fused-ring (bicyclic) bond motifs is 1. The van der Waals surface area contributed by atoms with Crippen molar-refractivity contribution in [2.24, 2.45) is 0 Å². The normalized spacial score (nSPS) is 20.3. The summed E-state index contributed by atoms with van der Waals surface area (Å²) < 4.78 is 13.1. The fourth-order valence-corrected chi connectivity index (χ4v) is 4.12. The first-order valence-corrected chi connectivity index (χ1v) is 10.0. The van der Waals surface area contributed by atoms with Crippen molar-refractivity contribution in [3.05, 3.63) is 65.2 Å². The van der Waals surface area contributed by atoms with E-state index >= 15 is 0 Å². The number of rotatable bonds is 3.